The van der Waals surface area contributed by atoms with Crippen molar-refractivity contribution < 1.29 is 9.59 Å². The van der Waals surface area contributed by atoms with E-state index in [-0.39, 0.29) is 17.7 Å². The molecule has 1 unspecified atom stereocenters. The summed E-state index contributed by atoms with van der Waals surface area (Å²) >= 11 is 0. The lowest BCUT2D eigenvalue weighted by molar-refractivity contribution is -0.124. The zero-order valence-electron chi connectivity index (χ0n) is 11.9. The lowest BCUT2D eigenvalue weighted by Crippen LogP contribution is -2.26. The SMILES string of the molecule is CCC(CCCCCCCC(=O)NC#N)C(=O)NC#N. The molecule has 6 nitrogen and oxygen atoms in total. The topological polar surface area (TPSA) is 106 Å². The van der Waals surface area contributed by atoms with Crippen molar-refractivity contribution in [2.75, 3.05) is 0 Å². The van der Waals surface area contributed by atoms with Crippen LogP contribution < -0.4 is 10.6 Å². The molecule has 0 bridgehead atoms. The van der Waals surface area contributed by atoms with Crippen molar-refractivity contribution in [3.8, 4) is 12.4 Å². The molecule has 0 radical (unpaired) electrons. The van der Waals surface area contributed by atoms with Crippen LogP contribution in [0.3, 0.4) is 0 Å². The van der Waals surface area contributed by atoms with Crippen LogP contribution in [0.2, 0.25) is 0 Å². The molecule has 0 aliphatic carbocycles. The molecule has 20 heavy (non-hydrogen) atoms. The summed E-state index contributed by atoms with van der Waals surface area (Å²) in [5.74, 6) is -0.508. The molecule has 0 spiro atoms. The number of rotatable bonds is 10. The second-order valence-electron chi connectivity index (χ2n) is 4.67. The van der Waals surface area contributed by atoms with Gasteiger partial charge in [-0.25, -0.2) is 0 Å². The zero-order chi connectivity index (χ0) is 15.2. The summed E-state index contributed by atoms with van der Waals surface area (Å²) in [7, 11) is 0. The van der Waals surface area contributed by atoms with Gasteiger partial charge in [0.25, 0.3) is 0 Å². The fourth-order valence-corrected chi connectivity index (χ4v) is 2.01. The highest BCUT2D eigenvalue weighted by Gasteiger charge is 2.15. The first kappa shape index (κ1) is 17.9. The molecular weight excluding hydrogens is 256 g/mol. The van der Waals surface area contributed by atoms with Gasteiger partial charge >= 0.3 is 0 Å². The van der Waals surface area contributed by atoms with Crippen LogP contribution in [-0.2, 0) is 9.59 Å². The molecule has 2 N–H and O–H groups in total. The predicted octanol–water partition coefficient (Wildman–Crippen LogP) is 1.94. The van der Waals surface area contributed by atoms with E-state index in [1.54, 1.807) is 12.4 Å². The zero-order valence-corrected chi connectivity index (χ0v) is 11.9. The van der Waals surface area contributed by atoms with Crippen molar-refractivity contribution in [1.82, 2.24) is 10.6 Å². The normalized spacial score (nSPS) is 10.9. The van der Waals surface area contributed by atoms with Crippen LogP contribution >= 0.6 is 0 Å². The minimum Gasteiger partial charge on any atom is -0.274 e. The molecular formula is C14H22N4O2. The van der Waals surface area contributed by atoms with E-state index in [2.05, 4.69) is 10.6 Å². The molecule has 0 heterocycles. The summed E-state index contributed by atoms with van der Waals surface area (Å²) in [5, 5.41) is 20.9. The average Bonchev–Trinajstić information content (AvgIpc) is 2.42. The lowest BCUT2D eigenvalue weighted by Gasteiger charge is -2.11. The van der Waals surface area contributed by atoms with Crippen LogP contribution in [0.5, 0.6) is 0 Å². The molecule has 0 aromatic carbocycles. The molecule has 0 saturated carbocycles. The Balaban J connectivity index is 3.56. The van der Waals surface area contributed by atoms with Gasteiger partial charge in [0.15, 0.2) is 12.4 Å². The number of amides is 2. The van der Waals surface area contributed by atoms with Crippen LogP contribution in [-0.4, -0.2) is 11.8 Å². The largest absolute Gasteiger partial charge is 0.274 e. The van der Waals surface area contributed by atoms with Crippen molar-refractivity contribution in [2.24, 2.45) is 5.92 Å². The van der Waals surface area contributed by atoms with E-state index in [1.165, 1.54) is 0 Å². The minimum absolute atomic E-state index is 0.0870. The number of nitriles is 2. The summed E-state index contributed by atoms with van der Waals surface area (Å²) in [4.78, 5) is 22.5. The number of hydrogen-bond acceptors (Lipinski definition) is 4. The first-order valence-electron chi connectivity index (χ1n) is 7.02. The first-order valence-corrected chi connectivity index (χ1v) is 7.02. The highest BCUT2D eigenvalue weighted by Crippen LogP contribution is 2.15. The summed E-state index contributed by atoms with van der Waals surface area (Å²) in [6.45, 7) is 1.94. The average molecular weight is 278 g/mol. The van der Waals surface area contributed by atoms with Gasteiger partial charge in [-0.05, 0) is 19.3 Å². The van der Waals surface area contributed by atoms with E-state index < -0.39 is 0 Å². The Hall–Kier alpha value is -2.08. The van der Waals surface area contributed by atoms with Gasteiger partial charge in [0.2, 0.25) is 11.8 Å². The molecule has 0 aromatic heterocycles. The molecule has 6 heteroatoms. The fourth-order valence-electron chi connectivity index (χ4n) is 2.01. The molecule has 0 rings (SSSR count). The second kappa shape index (κ2) is 12.0. The maximum Gasteiger partial charge on any atom is 0.236 e. The van der Waals surface area contributed by atoms with Crippen LogP contribution in [0.1, 0.15) is 58.3 Å². The van der Waals surface area contributed by atoms with E-state index in [9.17, 15) is 9.59 Å². The van der Waals surface area contributed by atoms with Crippen molar-refractivity contribution in [3.05, 3.63) is 0 Å². The van der Waals surface area contributed by atoms with Crippen LogP contribution in [0.4, 0.5) is 0 Å². The molecule has 0 aliphatic heterocycles. The summed E-state index contributed by atoms with van der Waals surface area (Å²) in [6.07, 6.45) is 9.87. The predicted molar refractivity (Wildman–Crippen MR) is 73.6 cm³/mol. The number of hydrogen-bond donors (Lipinski definition) is 2. The number of carbonyl (C=O) groups is 2. The number of unbranched alkanes of at least 4 members (excludes halogenated alkanes) is 4. The van der Waals surface area contributed by atoms with E-state index in [4.69, 9.17) is 10.5 Å². The van der Waals surface area contributed by atoms with E-state index >= 15 is 0 Å². The number of nitrogens with zero attached hydrogens (tertiary/aromatic N) is 2. The first-order chi connectivity index (χ1) is 9.65. The maximum absolute atomic E-state index is 11.5. The van der Waals surface area contributed by atoms with Crippen molar-refractivity contribution in [3.63, 3.8) is 0 Å². The third-order valence-corrected chi connectivity index (χ3v) is 3.19. The Labute approximate surface area is 120 Å². The third-order valence-electron chi connectivity index (χ3n) is 3.19. The van der Waals surface area contributed by atoms with Gasteiger partial charge in [-0.3, -0.25) is 20.2 Å². The Morgan fingerprint density at radius 1 is 1.00 bits per heavy atom. The Kier molecular flexibility index (Phi) is 10.7. The lowest BCUT2D eigenvalue weighted by atomic mass is 9.97. The number of carbonyl (C=O) groups excluding carboxylic acids is 2. The monoisotopic (exact) mass is 278 g/mol. The fraction of sp³-hybridized carbons (Fsp3) is 0.714. The molecule has 0 aliphatic rings. The molecule has 2 amide bonds. The highest BCUT2D eigenvalue weighted by atomic mass is 16.2. The summed E-state index contributed by atoms with van der Waals surface area (Å²) < 4.78 is 0. The van der Waals surface area contributed by atoms with Crippen LogP contribution in [0.15, 0.2) is 0 Å². The third kappa shape index (κ3) is 8.93. The van der Waals surface area contributed by atoms with Gasteiger partial charge in [0.05, 0.1) is 0 Å². The van der Waals surface area contributed by atoms with Gasteiger partial charge in [0.1, 0.15) is 0 Å². The maximum atomic E-state index is 11.5. The van der Waals surface area contributed by atoms with Gasteiger partial charge in [-0.1, -0.05) is 32.6 Å². The molecule has 1 atom stereocenters. The van der Waals surface area contributed by atoms with Gasteiger partial charge in [-0.15, -0.1) is 0 Å². The van der Waals surface area contributed by atoms with Crippen molar-refractivity contribution >= 4 is 11.8 Å². The molecule has 110 valence electrons. The second-order valence-corrected chi connectivity index (χ2v) is 4.67. The quantitative estimate of drug-likeness (QED) is 0.362. The van der Waals surface area contributed by atoms with Gasteiger partial charge < -0.3 is 0 Å². The number of nitrogens with one attached hydrogen (secondary N) is 2. The minimum atomic E-state index is -0.230. The molecule has 0 fully saturated rings. The van der Waals surface area contributed by atoms with Gasteiger partial charge in [-0.2, -0.15) is 10.5 Å². The molecule has 0 aromatic rings. The Bertz CT molecular complexity index is 382. The van der Waals surface area contributed by atoms with Gasteiger partial charge in [0, 0.05) is 12.3 Å². The Morgan fingerprint density at radius 2 is 1.60 bits per heavy atom. The van der Waals surface area contributed by atoms with Crippen molar-refractivity contribution in [2.45, 2.75) is 58.3 Å². The smallest absolute Gasteiger partial charge is 0.236 e. The Morgan fingerprint density at radius 3 is 2.20 bits per heavy atom. The standard InChI is InChI=1S/C14H22N4O2/c1-2-12(14(20)18-11-16)8-6-4-3-5-7-9-13(19)17-10-15/h12H,2-9H2,1H3,(H,17,19)(H,18,20). The highest BCUT2D eigenvalue weighted by molar-refractivity contribution is 5.79. The summed E-state index contributed by atoms with van der Waals surface area (Å²) in [5.41, 5.74) is 0. The molecule has 0 saturated heterocycles. The van der Waals surface area contributed by atoms with E-state index in [0.29, 0.717) is 6.42 Å². The van der Waals surface area contributed by atoms with Crippen molar-refractivity contribution in [1.29, 1.82) is 10.5 Å². The van der Waals surface area contributed by atoms with E-state index in [0.717, 1.165) is 44.9 Å². The summed E-state index contributed by atoms with van der Waals surface area (Å²) in [6, 6.07) is 0. The van der Waals surface area contributed by atoms with Crippen LogP contribution in [0, 0.1) is 28.8 Å². The van der Waals surface area contributed by atoms with Crippen LogP contribution in [0.25, 0.3) is 0 Å². The van der Waals surface area contributed by atoms with E-state index in [1.807, 2.05) is 6.92 Å².